The van der Waals surface area contributed by atoms with E-state index in [-0.39, 0.29) is 17.8 Å². The predicted molar refractivity (Wildman–Crippen MR) is 104 cm³/mol. The first kappa shape index (κ1) is 19.2. The van der Waals surface area contributed by atoms with Crippen molar-refractivity contribution in [1.29, 1.82) is 0 Å². The van der Waals surface area contributed by atoms with Crippen LogP contribution in [0.5, 0.6) is 0 Å². The van der Waals surface area contributed by atoms with E-state index in [1.165, 1.54) is 12.8 Å². The molecule has 0 aromatic heterocycles. The van der Waals surface area contributed by atoms with E-state index in [9.17, 15) is 0 Å². The average molecular weight is 367 g/mol. The van der Waals surface area contributed by atoms with Crippen molar-refractivity contribution in [2.75, 3.05) is 0 Å². The van der Waals surface area contributed by atoms with Crippen LogP contribution in [0.1, 0.15) is 67.7 Å². The second kappa shape index (κ2) is 6.18. The number of fused-ring (bicyclic) bond motifs is 2. The summed E-state index contributed by atoms with van der Waals surface area (Å²) in [5.74, 6) is 3.15. The highest BCUT2D eigenvalue weighted by atomic mass is 19.3. The molecule has 0 N–H and O–H groups in total. The lowest BCUT2D eigenvalue weighted by molar-refractivity contribution is -0.101. The van der Waals surface area contributed by atoms with Crippen molar-refractivity contribution in [2.45, 2.75) is 73.7 Å². The average Bonchev–Trinajstić information content (AvgIpc) is 3.36. The maximum Gasteiger partial charge on any atom is 0.254 e. The smallest absolute Gasteiger partial charge is 0.206 e. The molecule has 0 radical (unpaired) electrons. The van der Waals surface area contributed by atoms with E-state index in [4.69, 9.17) is 0 Å². The van der Waals surface area contributed by atoms with Crippen LogP contribution in [-0.2, 0) is 0 Å². The fourth-order valence-corrected chi connectivity index (χ4v) is 8.28. The first-order valence-electron chi connectivity index (χ1n) is 11.4. The van der Waals surface area contributed by atoms with Gasteiger partial charge in [-0.15, -0.1) is 0 Å². The Morgan fingerprint density at radius 2 is 1.46 bits per heavy atom. The van der Waals surface area contributed by atoms with Crippen molar-refractivity contribution in [1.82, 2.24) is 0 Å². The summed E-state index contributed by atoms with van der Waals surface area (Å²) in [6.45, 7) is 15.5. The van der Waals surface area contributed by atoms with Crippen molar-refractivity contribution in [2.24, 2.45) is 76.9 Å². The van der Waals surface area contributed by atoms with E-state index in [1.807, 2.05) is 13.8 Å². The van der Waals surface area contributed by atoms with E-state index < -0.39 is 11.8 Å². The van der Waals surface area contributed by atoms with Crippen molar-refractivity contribution < 1.29 is 8.78 Å². The molecule has 4 rings (SSSR count). The van der Waals surface area contributed by atoms with Crippen molar-refractivity contribution in [3.8, 4) is 0 Å². The highest BCUT2D eigenvalue weighted by molar-refractivity contribution is 5.18. The molecule has 0 amide bonds. The molecule has 4 aliphatic rings. The van der Waals surface area contributed by atoms with Gasteiger partial charge in [0.1, 0.15) is 0 Å². The van der Waals surface area contributed by atoms with Gasteiger partial charge in [-0.1, -0.05) is 48.5 Å². The Labute approximate surface area is 159 Å². The van der Waals surface area contributed by atoms with Gasteiger partial charge in [-0.05, 0) is 84.4 Å². The molecule has 4 saturated carbocycles. The van der Waals surface area contributed by atoms with Crippen LogP contribution in [0.3, 0.4) is 0 Å². The second-order valence-corrected chi connectivity index (χ2v) is 11.6. The Morgan fingerprint density at radius 3 is 2.00 bits per heavy atom. The summed E-state index contributed by atoms with van der Waals surface area (Å²) in [7, 11) is 0. The zero-order chi connectivity index (χ0) is 19.1. The van der Waals surface area contributed by atoms with Gasteiger partial charge in [0.2, 0.25) is 0 Å². The molecule has 2 heteroatoms. The van der Waals surface area contributed by atoms with Crippen LogP contribution in [0.25, 0.3) is 0 Å². The van der Waals surface area contributed by atoms with Gasteiger partial charge in [0.05, 0.1) is 0 Å². The van der Waals surface area contributed by atoms with Gasteiger partial charge < -0.3 is 0 Å². The fraction of sp³-hybridized carbons (Fsp3) is 1.00. The predicted octanol–water partition coefficient (Wildman–Crippen LogP) is 7.00. The SMILES string of the molecule is CC(C)C1C(C(C)CC2C3C(C(C)C)C(C(C)C)C(F)(F)C23)CC2CC21. The Balaban J connectivity index is 1.46. The van der Waals surface area contributed by atoms with Crippen molar-refractivity contribution in [3.63, 3.8) is 0 Å². The Kier molecular flexibility index (Phi) is 4.56. The third-order valence-corrected chi connectivity index (χ3v) is 9.15. The first-order valence-corrected chi connectivity index (χ1v) is 11.4. The van der Waals surface area contributed by atoms with Gasteiger partial charge >= 0.3 is 0 Å². The normalized spacial score (nSPS) is 49.6. The molecule has 0 heterocycles. The van der Waals surface area contributed by atoms with E-state index in [1.54, 1.807) is 0 Å². The van der Waals surface area contributed by atoms with Crippen molar-refractivity contribution >= 4 is 0 Å². The lowest BCUT2D eigenvalue weighted by atomic mass is 9.71. The van der Waals surface area contributed by atoms with Gasteiger partial charge in [-0.25, -0.2) is 8.78 Å². The summed E-state index contributed by atoms with van der Waals surface area (Å²) in [4.78, 5) is 0. The maximum atomic E-state index is 15.3. The monoisotopic (exact) mass is 366 g/mol. The largest absolute Gasteiger partial charge is 0.254 e. The second-order valence-electron chi connectivity index (χ2n) is 11.6. The van der Waals surface area contributed by atoms with Crippen LogP contribution in [0.15, 0.2) is 0 Å². The van der Waals surface area contributed by atoms with Gasteiger partial charge in [0.25, 0.3) is 5.92 Å². The van der Waals surface area contributed by atoms with Gasteiger partial charge in [0, 0.05) is 11.8 Å². The Bertz CT molecular complexity index is 536. The maximum absolute atomic E-state index is 15.3. The van der Waals surface area contributed by atoms with E-state index in [0.717, 1.165) is 36.0 Å². The molecule has 26 heavy (non-hydrogen) atoms. The molecule has 0 aliphatic heterocycles. The topological polar surface area (TPSA) is 0 Å². The van der Waals surface area contributed by atoms with Crippen LogP contribution in [-0.4, -0.2) is 5.92 Å². The first-order chi connectivity index (χ1) is 12.1. The van der Waals surface area contributed by atoms with Gasteiger partial charge in [0.15, 0.2) is 0 Å². The number of hydrogen-bond donors (Lipinski definition) is 0. The van der Waals surface area contributed by atoms with Gasteiger partial charge in [-0.2, -0.15) is 0 Å². The minimum absolute atomic E-state index is 0.0931. The van der Waals surface area contributed by atoms with E-state index >= 15 is 8.78 Å². The molecule has 0 bridgehead atoms. The standard InChI is InChI=1S/C24H40F2/c1-11(2)19-16(9-15-10-17(15)19)14(7)8-18-21-20(12(3)4)22(13(5)6)24(25,26)23(18)21/h11-23H,8-10H2,1-7H3. The minimum atomic E-state index is -2.44. The minimum Gasteiger partial charge on any atom is -0.206 e. The van der Waals surface area contributed by atoms with Crippen LogP contribution < -0.4 is 0 Å². The Hall–Kier alpha value is -0.140. The molecule has 10 atom stereocenters. The number of hydrogen-bond acceptors (Lipinski definition) is 0. The number of alkyl halides is 2. The summed E-state index contributed by atoms with van der Waals surface area (Å²) in [6.07, 6.45) is 3.89. The van der Waals surface area contributed by atoms with Crippen LogP contribution >= 0.6 is 0 Å². The molecule has 0 aromatic carbocycles. The summed E-state index contributed by atoms with van der Waals surface area (Å²) in [5, 5.41) is 0. The van der Waals surface area contributed by atoms with Gasteiger partial charge in [-0.3, -0.25) is 0 Å². The van der Waals surface area contributed by atoms with E-state index in [2.05, 4.69) is 34.6 Å². The third-order valence-electron chi connectivity index (χ3n) is 9.15. The van der Waals surface area contributed by atoms with E-state index in [0.29, 0.717) is 23.7 Å². The lowest BCUT2D eigenvalue weighted by Gasteiger charge is -2.36. The molecule has 0 spiro atoms. The molecule has 4 aliphatic carbocycles. The third kappa shape index (κ3) is 2.71. The number of rotatable bonds is 6. The Morgan fingerprint density at radius 1 is 0.846 bits per heavy atom. The summed E-state index contributed by atoms with van der Waals surface area (Å²) < 4.78 is 30.5. The molecule has 0 aromatic rings. The molecular formula is C24H40F2. The number of halogens is 2. The van der Waals surface area contributed by atoms with Crippen LogP contribution in [0.2, 0.25) is 0 Å². The van der Waals surface area contributed by atoms with Crippen LogP contribution in [0.4, 0.5) is 8.78 Å². The summed E-state index contributed by atoms with van der Waals surface area (Å²) in [5.41, 5.74) is 0. The molecular weight excluding hydrogens is 326 g/mol. The fourth-order valence-electron chi connectivity index (χ4n) is 8.28. The lowest BCUT2D eigenvalue weighted by Crippen LogP contribution is -2.38. The zero-order valence-electron chi connectivity index (χ0n) is 17.9. The highest BCUT2D eigenvalue weighted by Gasteiger charge is 2.76. The van der Waals surface area contributed by atoms with Crippen molar-refractivity contribution in [3.05, 3.63) is 0 Å². The quantitative estimate of drug-likeness (QED) is 0.475. The highest BCUT2D eigenvalue weighted by Crippen LogP contribution is 2.74. The summed E-state index contributed by atoms with van der Waals surface area (Å²) in [6, 6.07) is 0. The van der Waals surface area contributed by atoms with Crippen LogP contribution in [0, 0.1) is 76.9 Å². The molecule has 150 valence electrons. The molecule has 0 nitrogen and oxygen atoms in total. The molecule has 4 fully saturated rings. The molecule has 0 saturated heterocycles. The summed E-state index contributed by atoms with van der Waals surface area (Å²) >= 11 is 0. The molecule has 10 unspecified atom stereocenters. The zero-order valence-corrected chi connectivity index (χ0v) is 17.9.